The molecule has 1 atom stereocenters. The Morgan fingerprint density at radius 1 is 1.37 bits per heavy atom. The van der Waals surface area contributed by atoms with Crippen LogP contribution in [0, 0.1) is 10.1 Å². The van der Waals surface area contributed by atoms with E-state index in [2.05, 4.69) is 11.8 Å². The Kier molecular flexibility index (Phi) is 7.07. The van der Waals surface area contributed by atoms with Crippen LogP contribution in [0.15, 0.2) is 30.3 Å². The van der Waals surface area contributed by atoms with Crippen molar-refractivity contribution < 1.29 is 10.0 Å². The molecule has 0 heterocycles. The molecule has 0 aliphatic heterocycles. The summed E-state index contributed by atoms with van der Waals surface area (Å²) in [5.41, 5.74) is 1.19. The standard InChI is InChI=1S/C14H22N2O3/c1-13(6-5-9-16(18)19)15(10-11-17)12-14-7-3-2-4-8-14/h2-4,7-8,13,17H,5-6,9-12H2,1H3. The number of benzene rings is 1. The fourth-order valence-corrected chi connectivity index (χ4v) is 2.10. The maximum absolute atomic E-state index is 10.3. The molecule has 1 aromatic rings. The first-order chi connectivity index (χ1) is 9.13. The van der Waals surface area contributed by atoms with Crippen LogP contribution >= 0.6 is 0 Å². The van der Waals surface area contributed by atoms with Gasteiger partial charge in [0.05, 0.1) is 6.61 Å². The molecular weight excluding hydrogens is 244 g/mol. The van der Waals surface area contributed by atoms with Crippen molar-refractivity contribution in [1.82, 2.24) is 4.90 Å². The van der Waals surface area contributed by atoms with Crippen molar-refractivity contribution >= 4 is 0 Å². The second kappa shape index (κ2) is 8.61. The molecule has 1 unspecified atom stereocenters. The van der Waals surface area contributed by atoms with Crippen molar-refractivity contribution in [3.63, 3.8) is 0 Å². The van der Waals surface area contributed by atoms with Gasteiger partial charge >= 0.3 is 0 Å². The molecule has 5 nitrogen and oxygen atoms in total. The van der Waals surface area contributed by atoms with E-state index in [1.54, 1.807) is 0 Å². The summed E-state index contributed by atoms with van der Waals surface area (Å²) in [6, 6.07) is 10.3. The SMILES string of the molecule is CC(CCC[N+](=O)[O-])N(CCO)Cc1ccccc1. The Morgan fingerprint density at radius 2 is 2.05 bits per heavy atom. The van der Waals surface area contributed by atoms with Crippen LogP contribution in [-0.4, -0.2) is 40.7 Å². The van der Waals surface area contributed by atoms with E-state index in [4.69, 9.17) is 5.11 Å². The van der Waals surface area contributed by atoms with Crippen LogP contribution in [0.1, 0.15) is 25.3 Å². The predicted molar refractivity (Wildman–Crippen MR) is 74.5 cm³/mol. The van der Waals surface area contributed by atoms with Gasteiger partial charge in [-0.15, -0.1) is 0 Å². The third-order valence-electron chi connectivity index (χ3n) is 3.20. The van der Waals surface area contributed by atoms with Crippen LogP contribution < -0.4 is 0 Å². The number of hydrogen-bond donors (Lipinski definition) is 1. The second-order valence-corrected chi connectivity index (χ2v) is 4.73. The molecule has 106 valence electrons. The Morgan fingerprint density at radius 3 is 2.63 bits per heavy atom. The molecule has 1 aromatic carbocycles. The number of nitrogens with zero attached hydrogens (tertiary/aromatic N) is 2. The van der Waals surface area contributed by atoms with E-state index in [0.717, 1.165) is 13.0 Å². The Hall–Kier alpha value is -1.46. The Balaban J connectivity index is 2.48. The van der Waals surface area contributed by atoms with Crippen molar-refractivity contribution in [3.8, 4) is 0 Å². The van der Waals surface area contributed by atoms with E-state index in [1.165, 1.54) is 5.56 Å². The fourth-order valence-electron chi connectivity index (χ4n) is 2.10. The van der Waals surface area contributed by atoms with Crippen molar-refractivity contribution in [2.24, 2.45) is 0 Å². The average Bonchev–Trinajstić information content (AvgIpc) is 2.39. The molecule has 0 aliphatic carbocycles. The zero-order valence-electron chi connectivity index (χ0n) is 11.4. The summed E-state index contributed by atoms with van der Waals surface area (Å²) >= 11 is 0. The van der Waals surface area contributed by atoms with Crippen molar-refractivity contribution in [2.45, 2.75) is 32.4 Å². The van der Waals surface area contributed by atoms with Gasteiger partial charge in [-0.3, -0.25) is 15.0 Å². The Labute approximate surface area is 114 Å². The molecule has 0 saturated heterocycles. The fraction of sp³-hybridized carbons (Fsp3) is 0.571. The maximum Gasteiger partial charge on any atom is 0.203 e. The molecule has 0 radical (unpaired) electrons. The van der Waals surface area contributed by atoms with Gasteiger partial charge in [-0.25, -0.2) is 0 Å². The van der Waals surface area contributed by atoms with Gasteiger partial charge in [0, 0.05) is 30.5 Å². The highest BCUT2D eigenvalue weighted by Gasteiger charge is 2.14. The van der Waals surface area contributed by atoms with Gasteiger partial charge in [0.2, 0.25) is 6.54 Å². The van der Waals surface area contributed by atoms with Gasteiger partial charge in [0.1, 0.15) is 0 Å². The van der Waals surface area contributed by atoms with Gasteiger partial charge in [-0.1, -0.05) is 30.3 Å². The molecule has 1 rings (SSSR count). The molecule has 0 aliphatic rings. The van der Waals surface area contributed by atoms with Gasteiger partial charge in [-0.2, -0.15) is 0 Å². The minimum absolute atomic E-state index is 0.0165. The summed E-state index contributed by atoms with van der Waals surface area (Å²) in [5, 5.41) is 19.4. The van der Waals surface area contributed by atoms with Crippen LogP contribution in [0.25, 0.3) is 0 Å². The van der Waals surface area contributed by atoms with E-state index >= 15 is 0 Å². The normalized spacial score (nSPS) is 12.6. The summed E-state index contributed by atoms with van der Waals surface area (Å²) in [6.07, 6.45) is 1.35. The average molecular weight is 266 g/mol. The predicted octanol–water partition coefficient (Wildman–Crippen LogP) is 1.93. The smallest absolute Gasteiger partial charge is 0.203 e. The lowest BCUT2D eigenvalue weighted by Gasteiger charge is -2.28. The number of hydrogen-bond acceptors (Lipinski definition) is 4. The number of aliphatic hydroxyl groups excluding tert-OH is 1. The summed E-state index contributed by atoms with van der Waals surface area (Å²) < 4.78 is 0. The molecule has 0 aromatic heterocycles. The summed E-state index contributed by atoms with van der Waals surface area (Å²) in [5.74, 6) is 0. The van der Waals surface area contributed by atoms with Crippen molar-refractivity contribution in [3.05, 3.63) is 46.0 Å². The molecule has 5 heteroatoms. The monoisotopic (exact) mass is 266 g/mol. The first-order valence-electron chi connectivity index (χ1n) is 6.64. The zero-order chi connectivity index (χ0) is 14.1. The molecule has 0 bridgehead atoms. The van der Waals surface area contributed by atoms with E-state index in [9.17, 15) is 10.1 Å². The molecule has 0 fully saturated rings. The van der Waals surface area contributed by atoms with Gasteiger partial charge in [0.15, 0.2) is 0 Å². The first kappa shape index (κ1) is 15.6. The summed E-state index contributed by atoms with van der Waals surface area (Å²) in [6.45, 7) is 3.53. The molecule has 1 N–H and O–H groups in total. The number of nitro groups is 1. The topological polar surface area (TPSA) is 66.6 Å². The van der Waals surface area contributed by atoms with Crippen LogP contribution in [0.4, 0.5) is 0 Å². The lowest BCUT2D eigenvalue weighted by Crippen LogP contribution is -2.35. The van der Waals surface area contributed by atoms with Gasteiger partial charge in [0.25, 0.3) is 0 Å². The van der Waals surface area contributed by atoms with Crippen LogP contribution in [0.5, 0.6) is 0 Å². The minimum Gasteiger partial charge on any atom is -0.395 e. The third kappa shape index (κ3) is 6.31. The van der Waals surface area contributed by atoms with Gasteiger partial charge in [-0.05, 0) is 18.9 Å². The maximum atomic E-state index is 10.3. The summed E-state index contributed by atoms with van der Waals surface area (Å²) in [7, 11) is 0. The quantitative estimate of drug-likeness (QED) is 0.548. The molecular formula is C14H22N2O3. The van der Waals surface area contributed by atoms with E-state index in [-0.39, 0.29) is 24.1 Å². The zero-order valence-corrected chi connectivity index (χ0v) is 11.4. The Bertz CT molecular complexity index is 370. The first-order valence-corrected chi connectivity index (χ1v) is 6.64. The lowest BCUT2D eigenvalue weighted by atomic mass is 10.1. The van der Waals surface area contributed by atoms with E-state index < -0.39 is 0 Å². The second-order valence-electron chi connectivity index (χ2n) is 4.73. The largest absolute Gasteiger partial charge is 0.395 e. The number of aliphatic hydroxyl groups is 1. The van der Waals surface area contributed by atoms with Gasteiger partial charge < -0.3 is 5.11 Å². The van der Waals surface area contributed by atoms with Crippen molar-refractivity contribution in [1.29, 1.82) is 0 Å². The third-order valence-corrected chi connectivity index (χ3v) is 3.20. The molecule has 0 amide bonds. The van der Waals surface area contributed by atoms with Crippen LogP contribution in [0.2, 0.25) is 0 Å². The van der Waals surface area contributed by atoms with E-state index in [1.807, 2.05) is 30.3 Å². The van der Waals surface area contributed by atoms with E-state index in [0.29, 0.717) is 13.0 Å². The van der Waals surface area contributed by atoms with Crippen molar-refractivity contribution in [2.75, 3.05) is 19.7 Å². The highest BCUT2D eigenvalue weighted by atomic mass is 16.6. The number of rotatable bonds is 9. The van der Waals surface area contributed by atoms with Crippen LogP contribution in [0.3, 0.4) is 0 Å². The molecule has 0 spiro atoms. The highest BCUT2D eigenvalue weighted by Crippen LogP contribution is 2.11. The summed E-state index contributed by atoms with van der Waals surface area (Å²) in [4.78, 5) is 12.2. The highest BCUT2D eigenvalue weighted by molar-refractivity contribution is 5.14. The minimum atomic E-state index is -0.277. The molecule has 0 saturated carbocycles. The van der Waals surface area contributed by atoms with Crippen LogP contribution in [-0.2, 0) is 6.54 Å². The molecule has 19 heavy (non-hydrogen) atoms. The lowest BCUT2D eigenvalue weighted by molar-refractivity contribution is -0.480.